The minimum Gasteiger partial charge on any atom is -0.342 e. The first-order valence-corrected chi connectivity index (χ1v) is 8.23. The Bertz CT molecular complexity index is 456. The molecule has 3 heterocycles. The Morgan fingerprint density at radius 1 is 1.10 bits per heavy atom. The molecule has 21 heavy (non-hydrogen) atoms. The summed E-state index contributed by atoms with van der Waals surface area (Å²) >= 11 is 0. The van der Waals surface area contributed by atoms with Gasteiger partial charge in [-0.1, -0.05) is 0 Å². The molecule has 0 radical (unpaired) electrons. The van der Waals surface area contributed by atoms with Crippen LogP contribution in [0, 0.1) is 5.92 Å². The molecule has 4 nitrogen and oxygen atoms in total. The minimum absolute atomic E-state index is 0.207. The zero-order valence-corrected chi connectivity index (χ0v) is 12.7. The maximum Gasteiger partial charge on any atom is 0.226 e. The van der Waals surface area contributed by atoms with E-state index in [1.54, 1.807) is 0 Å². The van der Waals surface area contributed by atoms with Crippen molar-refractivity contribution in [3.63, 3.8) is 0 Å². The first kappa shape index (κ1) is 14.5. The van der Waals surface area contributed by atoms with Crippen LogP contribution in [0.4, 0.5) is 0 Å². The van der Waals surface area contributed by atoms with Crippen molar-refractivity contribution in [2.45, 2.75) is 38.6 Å². The molecular formula is C17H25N3O. The quantitative estimate of drug-likeness (QED) is 0.856. The highest BCUT2D eigenvalue weighted by Gasteiger charge is 2.29. The lowest BCUT2D eigenvalue weighted by molar-refractivity contribution is -0.138. The number of likely N-dealkylation sites (tertiary alicyclic amines) is 2. The molecule has 0 unspecified atom stereocenters. The van der Waals surface area contributed by atoms with Gasteiger partial charge in [0.15, 0.2) is 0 Å². The first-order chi connectivity index (χ1) is 10.3. The van der Waals surface area contributed by atoms with E-state index in [1.807, 2.05) is 12.4 Å². The lowest BCUT2D eigenvalue weighted by Crippen LogP contribution is -2.46. The molecule has 0 bridgehead atoms. The van der Waals surface area contributed by atoms with Crippen LogP contribution in [-0.4, -0.2) is 46.9 Å². The number of pyridine rings is 1. The van der Waals surface area contributed by atoms with E-state index in [1.165, 1.54) is 24.8 Å². The summed E-state index contributed by atoms with van der Waals surface area (Å²) in [6.07, 6.45) is 9.52. The summed E-state index contributed by atoms with van der Waals surface area (Å²) < 4.78 is 0. The van der Waals surface area contributed by atoms with Gasteiger partial charge in [0.1, 0.15) is 0 Å². The Morgan fingerprint density at radius 2 is 1.86 bits per heavy atom. The van der Waals surface area contributed by atoms with Gasteiger partial charge < -0.3 is 4.90 Å². The van der Waals surface area contributed by atoms with E-state index in [0.717, 1.165) is 45.6 Å². The van der Waals surface area contributed by atoms with Gasteiger partial charge in [-0.3, -0.25) is 14.7 Å². The Morgan fingerprint density at radius 3 is 2.62 bits per heavy atom. The Hall–Kier alpha value is -1.42. The van der Waals surface area contributed by atoms with Gasteiger partial charge in [-0.25, -0.2) is 0 Å². The molecule has 2 fully saturated rings. The van der Waals surface area contributed by atoms with Crippen LogP contribution in [0.3, 0.4) is 0 Å². The van der Waals surface area contributed by atoms with Crippen LogP contribution in [0.15, 0.2) is 24.5 Å². The molecule has 4 heteroatoms. The molecule has 1 aromatic rings. The number of carbonyl (C=O) groups is 1. The minimum atomic E-state index is 0.207. The van der Waals surface area contributed by atoms with Crippen molar-refractivity contribution in [3.05, 3.63) is 30.1 Å². The summed E-state index contributed by atoms with van der Waals surface area (Å²) in [5.41, 5.74) is 1.29. The number of hydrogen-bond donors (Lipinski definition) is 0. The zero-order valence-electron chi connectivity index (χ0n) is 12.7. The number of amides is 1. The molecule has 0 aliphatic carbocycles. The molecule has 1 aromatic heterocycles. The fourth-order valence-corrected chi connectivity index (χ4v) is 3.52. The highest BCUT2D eigenvalue weighted by Crippen LogP contribution is 2.22. The largest absolute Gasteiger partial charge is 0.342 e. The van der Waals surface area contributed by atoms with E-state index in [2.05, 4.69) is 26.9 Å². The molecule has 114 valence electrons. The van der Waals surface area contributed by atoms with Gasteiger partial charge in [-0.15, -0.1) is 0 Å². The summed E-state index contributed by atoms with van der Waals surface area (Å²) in [6.45, 7) is 4.90. The molecule has 0 aromatic carbocycles. The summed E-state index contributed by atoms with van der Waals surface area (Å²) in [4.78, 5) is 21.2. The summed E-state index contributed by atoms with van der Waals surface area (Å²) in [7, 11) is 0. The summed E-state index contributed by atoms with van der Waals surface area (Å²) in [6, 6.07) is 4.13. The lowest BCUT2D eigenvalue weighted by atomic mass is 9.95. The average molecular weight is 287 g/mol. The van der Waals surface area contributed by atoms with E-state index in [4.69, 9.17) is 0 Å². The molecule has 2 saturated heterocycles. The first-order valence-electron chi connectivity index (χ1n) is 8.23. The highest BCUT2D eigenvalue weighted by atomic mass is 16.2. The maximum atomic E-state index is 12.6. The molecule has 3 rings (SSSR count). The van der Waals surface area contributed by atoms with Crippen LogP contribution < -0.4 is 0 Å². The van der Waals surface area contributed by atoms with Gasteiger partial charge in [-0.05, 0) is 56.3 Å². The van der Waals surface area contributed by atoms with E-state index >= 15 is 0 Å². The second-order valence-corrected chi connectivity index (χ2v) is 6.32. The SMILES string of the molecule is O=C([C@@H]1CCCN(Cc2ccncc2)C1)N1CCCCC1. The normalized spacial score (nSPS) is 24.0. The van der Waals surface area contributed by atoms with Gasteiger partial charge in [0, 0.05) is 38.6 Å². The number of rotatable bonds is 3. The number of nitrogens with zero attached hydrogens (tertiary/aromatic N) is 3. The van der Waals surface area contributed by atoms with E-state index < -0.39 is 0 Å². The number of aromatic nitrogens is 1. The topological polar surface area (TPSA) is 36.4 Å². The average Bonchev–Trinajstić information content (AvgIpc) is 2.56. The fourth-order valence-electron chi connectivity index (χ4n) is 3.52. The Kier molecular flexibility index (Phi) is 4.86. The van der Waals surface area contributed by atoms with Gasteiger partial charge >= 0.3 is 0 Å². The number of hydrogen-bond acceptors (Lipinski definition) is 3. The van der Waals surface area contributed by atoms with E-state index in [0.29, 0.717) is 5.91 Å². The molecule has 1 amide bonds. The predicted molar refractivity (Wildman–Crippen MR) is 82.7 cm³/mol. The Labute approximate surface area is 127 Å². The predicted octanol–water partition coefficient (Wildman–Crippen LogP) is 2.31. The fraction of sp³-hybridized carbons (Fsp3) is 0.647. The van der Waals surface area contributed by atoms with Crippen molar-refractivity contribution in [2.75, 3.05) is 26.2 Å². The Balaban J connectivity index is 1.56. The van der Waals surface area contributed by atoms with Crippen molar-refractivity contribution in [1.82, 2.24) is 14.8 Å². The zero-order chi connectivity index (χ0) is 14.5. The lowest BCUT2D eigenvalue weighted by Gasteiger charge is -2.36. The van der Waals surface area contributed by atoms with Crippen molar-refractivity contribution >= 4 is 5.91 Å². The molecule has 2 aliphatic heterocycles. The van der Waals surface area contributed by atoms with Crippen LogP contribution in [-0.2, 0) is 11.3 Å². The molecular weight excluding hydrogens is 262 g/mol. The van der Waals surface area contributed by atoms with Gasteiger partial charge in [0.05, 0.1) is 5.92 Å². The maximum absolute atomic E-state index is 12.6. The van der Waals surface area contributed by atoms with Crippen LogP contribution >= 0.6 is 0 Å². The highest BCUT2D eigenvalue weighted by molar-refractivity contribution is 5.79. The third-order valence-electron chi connectivity index (χ3n) is 4.68. The van der Waals surface area contributed by atoms with Crippen LogP contribution in [0.1, 0.15) is 37.7 Å². The standard InChI is InChI=1S/C17H25N3O/c21-17(20-11-2-1-3-12-20)16-5-4-10-19(14-16)13-15-6-8-18-9-7-15/h6-9,16H,1-5,10-14H2/t16-/m1/s1. The molecule has 2 aliphatic rings. The van der Waals surface area contributed by atoms with E-state index in [9.17, 15) is 4.79 Å². The monoisotopic (exact) mass is 287 g/mol. The third-order valence-corrected chi connectivity index (χ3v) is 4.68. The van der Waals surface area contributed by atoms with E-state index in [-0.39, 0.29) is 5.92 Å². The van der Waals surface area contributed by atoms with Gasteiger partial charge in [0.2, 0.25) is 5.91 Å². The number of carbonyl (C=O) groups excluding carboxylic acids is 1. The molecule has 0 saturated carbocycles. The summed E-state index contributed by atoms with van der Waals surface area (Å²) in [5, 5.41) is 0. The second kappa shape index (κ2) is 7.03. The van der Waals surface area contributed by atoms with Crippen LogP contribution in [0.25, 0.3) is 0 Å². The van der Waals surface area contributed by atoms with Gasteiger partial charge in [-0.2, -0.15) is 0 Å². The van der Waals surface area contributed by atoms with Crippen molar-refractivity contribution in [3.8, 4) is 0 Å². The van der Waals surface area contributed by atoms with Crippen LogP contribution in [0.2, 0.25) is 0 Å². The smallest absolute Gasteiger partial charge is 0.226 e. The van der Waals surface area contributed by atoms with Crippen molar-refractivity contribution in [1.29, 1.82) is 0 Å². The second-order valence-electron chi connectivity index (χ2n) is 6.32. The number of piperidine rings is 2. The van der Waals surface area contributed by atoms with Crippen LogP contribution in [0.5, 0.6) is 0 Å². The van der Waals surface area contributed by atoms with Gasteiger partial charge in [0.25, 0.3) is 0 Å². The van der Waals surface area contributed by atoms with Crippen molar-refractivity contribution in [2.24, 2.45) is 5.92 Å². The summed E-state index contributed by atoms with van der Waals surface area (Å²) in [5.74, 6) is 0.604. The molecule has 0 N–H and O–H groups in total. The van der Waals surface area contributed by atoms with Crippen molar-refractivity contribution < 1.29 is 4.79 Å². The third kappa shape index (κ3) is 3.82. The molecule has 0 spiro atoms. The molecule has 1 atom stereocenters.